The van der Waals surface area contributed by atoms with Crippen LogP contribution in [0.3, 0.4) is 0 Å². The van der Waals surface area contributed by atoms with Gasteiger partial charge < -0.3 is 14.5 Å². The number of amides is 2. The number of ether oxygens (including phenoxy) is 1. The molecule has 0 N–H and O–H groups in total. The summed E-state index contributed by atoms with van der Waals surface area (Å²) in [5, 5.41) is 0. The summed E-state index contributed by atoms with van der Waals surface area (Å²) < 4.78 is 5.51. The van der Waals surface area contributed by atoms with Crippen molar-refractivity contribution in [3.05, 3.63) is 29.8 Å². The molecule has 6 heteroatoms. The van der Waals surface area contributed by atoms with Gasteiger partial charge in [-0.2, -0.15) is 0 Å². The zero-order chi connectivity index (χ0) is 17.9. The van der Waals surface area contributed by atoms with Crippen LogP contribution in [0, 0.1) is 0 Å². The average molecular weight is 357 g/mol. The van der Waals surface area contributed by atoms with Crippen LogP contribution < -0.4 is 4.90 Å². The molecule has 26 heavy (non-hydrogen) atoms. The van der Waals surface area contributed by atoms with E-state index in [4.69, 9.17) is 4.74 Å². The molecule has 3 aliphatic rings. The molecule has 3 heterocycles. The number of hydrogen-bond acceptors (Lipinski definition) is 4. The Balaban J connectivity index is 1.31. The molecule has 1 aromatic carbocycles. The van der Waals surface area contributed by atoms with Crippen molar-refractivity contribution in [3.63, 3.8) is 0 Å². The van der Waals surface area contributed by atoms with Crippen LogP contribution in [0.1, 0.15) is 24.8 Å². The maximum absolute atomic E-state index is 12.8. The van der Waals surface area contributed by atoms with E-state index in [0.717, 1.165) is 51.0 Å². The quantitative estimate of drug-likeness (QED) is 0.818. The maximum atomic E-state index is 12.8. The predicted molar refractivity (Wildman–Crippen MR) is 99.1 cm³/mol. The third-order valence-electron chi connectivity index (χ3n) is 5.66. The van der Waals surface area contributed by atoms with Crippen LogP contribution in [0.25, 0.3) is 0 Å². The third-order valence-corrected chi connectivity index (χ3v) is 5.66. The number of rotatable bonds is 3. The molecule has 0 aliphatic carbocycles. The van der Waals surface area contributed by atoms with Crippen LogP contribution in [-0.4, -0.2) is 73.6 Å². The van der Waals surface area contributed by atoms with Gasteiger partial charge in [-0.1, -0.05) is 18.2 Å². The fourth-order valence-corrected chi connectivity index (χ4v) is 4.17. The predicted octanol–water partition coefficient (Wildman–Crippen LogP) is 1.29. The molecule has 0 spiro atoms. The number of para-hydroxylation sites is 1. The van der Waals surface area contributed by atoms with Gasteiger partial charge in [0.05, 0.1) is 6.54 Å². The SMILES string of the molecule is O=C(C1CCCO1)N1CCN(CC(=O)N2CCCc3ccccc32)CC1. The Kier molecular flexibility index (Phi) is 5.22. The molecule has 0 saturated carbocycles. The van der Waals surface area contributed by atoms with Crippen molar-refractivity contribution in [1.29, 1.82) is 0 Å². The van der Waals surface area contributed by atoms with Crippen LogP contribution in [0.2, 0.25) is 0 Å². The molecule has 0 aromatic heterocycles. The first-order valence-electron chi connectivity index (χ1n) is 9.73. The lowest BCUT2D eigenvalue weighted by atomic mass is 10.0. The van der Waals surface area contributed by atoms with Crippen LogP contribution in [-0.2, 0) is 20.7 Å². The smallest absolute Gasteiger partial charge is 0.251 e. The minimum absolute atomic E-state index is 0.124. The largest absolute Gasteiger partial charge is 0.368 e. The number of piperazine rings is 1. The van der Waals surface area contributed by atoms with Crippen LogP contribution >= 0.6 is 0 Å². The van der Waals surface area contributed by atoms with Gasteiger partial charge in [0.25, 0.3) is 5.91 Å². The van der Waals surface area contributed by atoms with E-state index in [2.05, 4.69) is 11.0 Å². The Labute approximate surface area is 154 Å². The van der Waals surface area contributed by atoms with Gasteiger partial charge >= 0.3 is 0 Å². The van der Waals surface area contributed by atoms with Crippen molar-refractivity contribution in [2.24, 2.45) is 0 Å². The van der Waals surface area contributed by atoms with Crippen LogP contribution in [0.4, 0.5) is 5.69 Å². The summed E-state index contributed by atoms with van der Waals surface area (Å²) >= 11 is 0. The van der Waals surface area contributed by atoms with E-state index in [0.29, 0.717) is 26.2 Å². The molecule has 4 rings (SSSR count). The van der Waals surface area contributed by atoms with E-state index >= 15 is 0 Å². The van der Waals surface area contributed by atoms with Gasteiger partial charge in [0.15, 0.2) is 0 Å². The molecular weight excluding hydrogens is 330 g/mol. The normalized spacial score (nSPS) is 23.8. The van der Waals surface area contributed by atoms with E-state index in [1.54, 1.807) is 0 Å². The van der Waals surface area contributed by atoms with Gasteiger partial charge in [-0.25, -0.2) is 0 Å². The highest BCUT2D eigenvalue weighted by Gasteiger charge is 2.31. The highest BCUT2D eigenvalue weighted by Crippen LogP contribution is 2.27. The summed E-state index contributed by atoms with van der Waals surface area (Å²) in [6, 6.07) is 8.20. The summed E-state index contributed by atoms with van der Waals surface area (Å²) in [5.41, 5.74) is 2.33. The Morgan fingerprint density at radius 1 is 1.04 bits per heavy atom. The van der Waals surface area contributed by atoms with Crippen LogP contribution in [0.15, 0.2) is 24.3 Å². The van der Waals surface area contributed by atoms with Crippen molar-refractivity contribution >= 4 is 17.5 Å². The van der Waals surface area contributed by atoms with Crippen molar-refractivity contribution < 1.29 is 14.3 Å². The van der Waals surface area contributed by atoms with E-state index in [9.17, 15) is 9.59 Å². The number of nitrogens with zero attached hydrogens (tertiary/aromatic N) is 3. The summed E-state index contributed by atoms with van der Waals surface area (Å²) in [6.07, 6.45) is 3.64. The standard InChI is InChI=1S/C20H27N3O3/c24-19(23-9-3-6-16-5-1-2-7-17(16)23)15-21-10-12-22(13-11-21)20(25)18-8-4-14-26-18/h1-2,5,7,18H,3-4,6,8-15H2. The first kappa shape index (κ1) is 17.5. The number of carbonyl (C=O) groups is 2. The number of anilines is 1. The molecule has 1 unspecified atom stereocenters. The molecule has 0 radical (unpaired) electrons. The molecule has 2 saturated heterocycles. The lowest BCUT2D eigenvalue weighted by Crippen LogP contribution is -2.53. The minimum Gasteiger partial charge on any atom is -0.368 e. The van der Waals surface area contributed by atoms with E-state index in [1.807, 2.05) is 28.0 Å². The Morgan fingerprint density at radius 2 is 1.85 bits per heavy atom. The molecule has 2 fully saturated rings. The van der Waals surface area contributed by atoms with Crippen LogP contribution in [0.5, 0.6) is 0 Å². The van der Waals surface area contributed by atoms with Gasteiger partial charge in [0, 0.05) is 45.0 Å². The lowest BCUT2D eigenvalue weighted by Gasteiger charge is -2.37. The van der Waals surface area contributed by atoms with Gasteiger partial charge in [-0.05, 0) is 37.3 Å². The van der Waals surface area contributed by atoms with Gasteiger partial charge in [0.2, 0.25) is 5.91 Å². The van der Waals surface area contributed by atoms with Gasteiger partial charge in [0.1, 0.15) is 6.10 Å². The lowest BCUT2D eigenvalue weighted by molar-refractivity contribution is -0.142. The molecule has 1 aromatic rings. The summed E-state index contributed by atoms with van der Waals surface area (Å²) in [7, 11) is 0. The maximum Gasteiger partial charge on any atom is 0.251 e. The summed E-state index contributed by atoms with van der Waals surface area (Å²) in [6.45, 7) is 4.79. The summed E-state index contributed by atoms with van der Waals surface area (Å²) in [4.78, 5) is 31.3. The van der Waals surface area contributed by atoms with E-state index in [1.165, 1.54) is 5.56 Å². The number of fused-ring (bicyclic) bond motifs is 1. The Hall–Kier alpha value is -1.92. The number of carbonyl (C=O) groups excluding carboxylic acids is 2. The number of hydrogen-bond donors (Lipinski definition) is 0. The Morgan fingerprint density at radius 3 is 2.62 bits per heavy atom. The first-order chi connectivity index (χ1) is 12.7. The molecule has 3 aliphatic heterocycles. The van der Waals surface area contributed by atoms with Gasteiger partial charge in [-0.15, -0.1) is 0 Å². The number of aryl methyl sites for hydroxylation is 1. The fraction of sp³-hybridized carbons (Fsp3) is 0.600. The molecule has 1 atom stereocenters. The molecule has 2 amide bonds. The fourth-order valence-electron chi connectivity index (χ4n) is 4.17. The second-order valence-electron chi connectivity index (χ2n) is 7.38. The first-order valence-corrected chi connectivity index (χ1v) is 9.73. The topological polar surface area (TPSA) is 53.1 Å². The molecular formula is C20H27N3O3. The minimum atomic E-state index is -0.243. The third kappa shape index (κ3) is 3.62. The Bertz CT molecular complexity index is 664. The second kappa shape index (κ2) is 7.76. The van der Waals surface area contributed by atoms with Crippen molar-refractivity contribution in [3.8, 4) is 0 Å². The second-order valence-corrected chi connectivity index (χ2v) is 7.38. The average Bonchev–Trinajstić information content (AvgIpc) is 3.22. The summed E-state index contributed by atoms with van der Waals surface area (Å²) in [5.74, 6) is 0.287. The molecule has 140 valence electrons. The molecule has 0 bridgehead atoms. The van der Waals surface area contributed by atoms with E-state index < -0.39 is 0 Å². The van der Waals surface area contributed by atoms with Crippen molar-refractivity contribution in [2.75, 3.05) is 50.8 Å². The van der Waals surface area contributed by atoms with E-state index in [-0.39, 0.29) is 17.9 Å². The highest BCUT2D eigenvalue weighted by molar-refractivity contribution is 5.96. The number of benzene rings is 1. The highest BCUT2D eigenvalue weighted by atomic mass is 16.5. The monoisotopic (exact) mass is 357 g/mol. The molecule has 6 nitrogen and oxygen atoms in total. The van der Waals surface area contributed by atoms with Gasteiger partial charge in [-0.3, -0.25) is 14.5 Å². The zero-order valence-electron chi connectivity index (χ0n) is 15.2. The van der Waals surface area contributed by atoms with Crippen molar-refractivity contribution in [1.82, 2.24) is 9.80 Å². The zero-order valence-corrected chi connectivity index (χ0v) is 15.2. The van der Waals surface area contributed by atoms with Crippen molar-refractivity contribution in [2.45, 2.75) is 31.8 Å².